The summed E-state index contributed by atoms with van der Waals surface area (Å²) in [6.07, 6.45) is 3.61. The van der Waals surface area contributed by atoms with E-state index in [0.29, 0.717) is 18.4 Å². The Kier molecular flexibility index (Phi) is 5.09. The maximum absolute atomic E-state index is 12.9. The predicted molar refractivity (Wildman–Crippen MR) is 99.9 cm³/mol. The van der Waals surface area contributed by atoms with Crippen molar-refractivity contribution >= 4 is 17.2 Å². The minimum Gasteiger partial charge on any atom is -0.361 e. The van der Waals surface area contributed by atoms with Gasteiger partial charge in [0.25, 0.3) is 0 Å². The van der Waals surface area contributed by atoms with Gasteiger partial charge in [-0.05, 0) is 39.0 Å². The van der Waals surface area contributed by atoms with Gasteiger partial charge in [-0.15, -0.1) is 11.3 Å². The number of carbonyl (C=O) groups is 1. The van der Waals surface area contributed by atoms with Crippen LogP contribution < -0.4 is 0 Å². The average molecular weight is 375 g/mol. The lowest BCUT2D eigenvalue weighted by Crippen LogP contribution is -2.47. The van der Waals surface area contributed by atoms with Crippen LogP contribution in [0.4, 0.5) is 0 Å². The Labute approximate surface area is 158 Å². The van der Waals surface area contributed by atoms with Crippen molar-refractivity contribution in [3.63, 3.8) is 0 Å². The molecule has 6 nitrogen and oxygen atoms in total. The third-order valence-corrected chi connectivity index (χ3v) is 6.38. The van der Waals surface area contributed by atoms with Crippen molar-refractivity contribution in [2.45, 2.75) is 52.1 Å². The molecule has 0 N–H and O–H groups in total. The number of hydrogen-bond donors (Lipinski definition) is 0. The molecule has 0 radical (unpaired) electrons. The molecule has 140 valence electrons. The summed E-state index contributed by atoms with van der Waals surface area (Å²) in [6.45, 7) is 7.70. The van der Waals surface area contributed by atoms with Gasteiger partial charge in [0.2, 0.25) is 5.91 Å². The van der Waals surface area contributed by atoms with Crippen molar-refractivity contribution < 1.29 is 9.32 Å². The molecule has 0 aromatic carbocycles. The van der Waals surface area contributed by atoms with E-state index in [0.717, 1.165) is 61.7 Å². The first-order valence-electron chi connectivity index (χ1n) is 9.40. The van der Waals surface area contributed by atoms with Gasteiger partial charge in [-0.25, -0.2) is 4.98 Å². The van der Waals surface area contributed by atoms with Crippen molar-refractivity contribution in [3.05, 3.63) is 33.6 Å². The molecule has 3 aliphatic heterocycles. The van der Waals surface area contributed by atoms with E-state index in [1.165, 1.54) is 6.42 Å². The summed E-state index contributed by atoms with van der Waals surface area (Å²) in [4.78, 5) is 22.0. The molecule has 0 saturated carbocycles. The van der Waals surface area contributed by atoms with Gasteiger partial charge in [0.15, 0.2) is 0 Å². The molecule has 3 aliphatic rings. The second-order valence-electron chi connectivity index (χ2n) is 7.62. The van der Waals surface area contributed by atoms with Crippen LogP contribution in [0.15, 0.2) is 15.4 Å². The molecule has 2 aromatic heterocycles. The molecule has 3 fully saturated rings. The Hall–Kier alpha value is -1.73. The highest BCUT2D eigenvalue weighted by Gasteiger charge is 2.37. The predicted octanol–water partition coefficient (Wildman–Crippen LogP) is 2.80. The van der Waals surface area contributed by atoms with Crippen molar-refractivity contribution in [2.75, 3.05) is 19.6 Å². The van der Waals surface area contributed by atoms with Crippen LogP contribution in [0.3, 0.4) is 0 Å². The number of hydrogen-bond acceptors (Lipinski definition) is 6. The Balaban J connectivity index is 1.39. The number of nitrogens with zero attached hydrogens (tertiary/aromatic N) is 4. The van der Waals surface area contributed by atoms with Gasteiger partial charge in [0.1, 0.15) is 5.76 Å². The summed E-state index contributed by atoms with van der Waals surface area (Å²) in [5.41, 5.74) is 5.03. The van der Waals surface area contributed by atoms with Gasteiger partial charge in [-0.1, -0.05) is 5.16 Å². The van der Waals surface area contributed by atoms with Crippen molar-refractivity contribution in [2.24, 2.45) is 5.92 Å². The minimum atomic E-state index is 0.273. The van der Waals surface area contributed by atoms with Crippen LogP contribution in [-0.4, -0.2) is 51.5 Å². The lowest BCUT2D eigenvalue weighted by Gasteiger charge is -2.36. The molecule has 2 bridgehead atoms. The lowest BCUT2D eigenvalue weighted by molar-refractivity contribution is -0.135. The molecule has 26 heavy (non-hydrogen) atoms. The molecule has 5 heterocycles. The molecule has 2 unspecified atom stereocenters. The molecule has 2 atom stereocenters. The van der Waals surface area contributed by atoms with Crippen molar-refractivity contribution in [1.82, 2.24) is 19.9 Å². The van der Waals surface area contributed by atoms with Crippen LogP contribution in [0, 0.1) is 19.8 Å². The summed E-state index contributed by atoms with van der Waals surface area (Å²) >= 11 is 1.65. The van der Waals surface area contributed by atoms with Gasteiger partial charge in [-0.2, -0.15) is 0 Å². The molecule has 7 heteroatoms. The van der Waals surface area contributed by atoms with Gasteiger partial charge < -0.3 is 9.42 Å². The lowest BCUT2D eigenvalue weighted by atomic mass is 9.94. The first kappa shape index (κ1) is 17.7. The number of carbonyl (C=O) groups excluding carboxylic acids is 1. The average Bonchev–Trinajstić information content (AvgIpc) is 3.14. The Morgan fingerprint density at radius 1 is 1.31 bits per heavy atom. The van der Waals surface area contributed by atoms with Gasteiger partial charge >= 0.3 is 0 Å². The molecular weight excluding hydrogens is 348 g/mol. The third-order valence-electron chi connectivity index (χ3n) is 5.75. The van der Waals surface area contributed by atoms with E-state index in [4.69, 9.17) is 4.52 Å². The van der Waals surface area contributed by atoms with E-state index in [-0.39, 0.29) is 5.91 Å². The van der Waals surface area contributed by atoms with E-state index in [2.05, 4.69) is 25.3 Å². The van der Waals surface area contributed by atoms with Crippen LogP contribution in [0.25, 0.3) is 0 Å². The van der Waals surface area contributed by atoms with E-state index >= 15 is 0 Å². The van der Waals surface area contributed by atoms with Crippen molar-refractivity contribution in [3.8, 4) is 0 Å². The second kappa shape index (κ2) is 7.48. The molecule has 5 rings (SSSR count). The fraction of sp³-hybridized carbons (Fsp3) is 0.632. The Morgan fingerprint density at radius 2 is 2.19 bits per heavy atom. The number of aromatic nitrogens is 2. The second-order valence-corrected chi connectivity index (χ2v) is 8.34. The van der Waals surface area contributed by atoms with Crippen LogP contribution in [0.1, 0.15) is 42.0 Å². The monoisotopic (exact) mass is 374 g/mol. The smallest absolute Gasteiger partial charge is 0.223 e. The zero-order chi connectivity index (χ0) is 18.1. The number of rotatable bonds is 5. The van der Waals surface area contributed by atoms with E-state index in [1.807, 2.05) is 19.4 Å². The summed E-state index contributed by atoms with van der Waals surface area (Å²) in [5.74, 6) is 1.69. The highest BCUT2D eigenvalue weighted by molar-refractivity contribution is 7.07. The molecule has 2 aromatic rings. The topological polar surface area (TPSA) is 62.5 Å². The maximum Gasteiger partial charge on any atom is 0.223 e. The van der Waals surface area contributed by atoms with Crippen LogP contribution in [0.2, 0.25) is 0 Å². The van der Waals surface area contributed by atoms with Crippen LogP contribution in [-0.2, 0) is 17.8 Å². The number of thiazole rings is 1. The van der Waals surface area contributed by atoms with Crippen molar-refractivity contribution in [1.29, 1.82) is 0 Å². The number of fused-ring (bicyclic) bond motifs is 4. The first-order valence-corrected chi connectivity index (χ1v) is 10.3. The van der Waals surface area contributed by atoms with Gasteiger partial charge in [0, 0.05) is 49.6 Å². The SMILES string of the molecule is Cc1noc(C)c1CCC(=O)N1CC2CCC1CN(Cc1cscn1)C2. The van der Waals surface area contributed by atoms with Gasteiger partial charge in [-0.3, -0.25) is 9.69 Å². The maximum atomic E-state index is 12.9. The van der Waals surface area contributed by atoms with Gasteiger partial charge in [0.05, 0.1) is 16.9 Å². The minimum absolute atomic E-state index is 0.273. The molecule has 3 saturated heterocycles. The quantitative estimate of drug-likeness (QED) is 0.805. The highest BCUT2D eigenvalue weighted by atomic mass is 32.1. The standard InChI is InChI=1S/C19H26N4O2S/c1-13-18(14(2)25-21-13)5-6-19(24)23-8-15-3-4-17(23)10-22(7-15)9-16-11-26-12-20-16/h11-12,15,17H,3-10H2,1-2H3. The molecular formula is C19H26N4O2S. The number of aryl methyl sites for hydroxylation is 2. The number of amides is 1. The summed E-state index contributed by atoms with van der Waals surface area (Å²) in [5, 5.41) is 6.12. The molecule has 1 amide bonds. The van der Waals surface area contributed by atoms with E-state index in [1.54, 1.807) is 11.3 Å². The Morgan fingerprint density at radius 3 is 2.92 bits per heavy atom. The molecule has 0 spiro atoms. The Bertz CT molecular complexity index is 738. The highest BCUT2D eigenvalue weighted by Crippen LogP contribution is 2.29. The summed E-state index contributed by atoms with van der Waals surface area (Å²) in [7, 11) is 0. The van der Waals surface area contributed by atoms with E-state index < -0.39 is 0 Å². The normalized spacial score (nSPS) is 23.4. The number of piperidine rings is 1. The molecule has 0 aliphatic carbocycles. The third kappa shape index (κ3) is 3.69. The van der Waals surface area contributed by atoms with E-state index in [9.17, 15) is 4.79 Å². The first-order chi connectivity index (χ1) is 12.6. The summed E-state index contributed by atoms with van der Waals surface area (Å²) in [6, 6.07) is 0.338. The summed E-state index contributed by atoms with van der Waals surface area (Å²) < 4.78 is 5.22. The fourth-order valence-corrected chi connectivity index (χ4v) is 4.94. The zero-order valence-electron chi connectivity index (χ0n) is 15.5. The zero-order valence-corrected chi connectivity index (χ0v) is 16.3. The van der Waals surface area contributed by atoms with Crippen LogP contribution in [0.5, 0.6) is 0 Å². The fourth-order valence-electron chi connectivity index (χ4n) is 4.39. The largest absolute Gasteiger partial charge is 0.361 e. The van der Waals surface area contributed by atoms with Crippen LogP contribution >= 0.6 is 11.3 Å².